The summed E-state index contributed by atoms with van der Waals surface area (Å²) < 4.78 is 16.3. The van der Waals surface area contributed by atoms with Crippen LogP contribution in [0.4, 0.5) is 4.79 Å². The minimum Gasteiger partial charge on any atom is -0.447 e. The summed E-state index contributed by atoms with van der Waals surface area (Å²) in [7, 11) is 0. The summed E-state index contributed by atoms with van der Waals surface area (Å²) in [6.07, 6.45) is 3.37. The smallest absolute Gasteiger partial charge is 0.416 e. The van der Waals surface area contributed by atoms with E-state index >= 15 is 0 Å². The SMILES string of the molecule is CC1(CCCCC[C@H](N=[N+]=[N-])C(=O)N2C(=O)OC[C@@H]2Cc2ccccc2)OCCO1. The zero-order valence-corrected chi connectivity index (χ0v) is 17.2. The van der Waals surface area contributed by atoms with Crippen molar-refractivity contribution in [3.63, 3.8) is 0 Å². The van der Waals surface area contributed by atoms with Gasteiger partial charge in [0.2, 0.25) is 5.91 Å². The molecule has 0 unspecified atom stereocenters. The molecule has 2 fully saturated rings. The summed E-state index contributed by atoms with van der Waals surface area (Å²) in [5.74, 6) is -1.02. The van der Waals surface area contributed by atoms with Crippen molar-refractivity contribution in [3.05, 3.63) is 46.3 Å². The van der Waals surface area contributed by atoms with Gasteiger partial charge in [-0.1, -0.05) is 48.3 Å². The first-order valence-corrected chi connectivity index (χ1v) is 10.4. The molecule has 0 aliphatic carbocycles. The first-order chi connectivity index (χ1) is 14.5. The van der Waals surface area contributed by atoms with Crippen molar-refractivity contribution in [1.29, 1.82) is 0 Å². The van der Waals surface area contributed by atoms with E-state index in [2.05, 4.69) is 10.0 Å². The van der Waals surface area contributed by atoms with Crippen LogP contribution in [0.3, 0.4) is 0 Å². The molecular weight excluding hydrogens is 388 g/mol. The van der Waals surface area contributed by atoms with Crippen LogP contribution in [0.1, 0.15) is 44.6 Å². The summed E-state index contributed by atoms with van der Waals surface area (Å²) in [6, 6.07) is 8.28. The van der Waals surface area contributed by atoms with Crippen molar-refractivity contribution >= 4 is 12.0 Å². The lowest BCUT2D eigenvalue weighted by molar-refractivity contribution is -0.147. The minimum absolute atomic E-state index is 0.140. The van der Waals surface area contributed by atoms with Gasteiger partial charge >= 0.3 is 6.09 Å². The minimum atomic E-state index is -0.923. The number of ether oxygens (including phenoxy) is 3. The molecule has 2 atom stereocenters. The maximum Gasteiger partial charge on any atom is 0.416 e. The predicted octanol–water partition coefficient (Wildman–Crippen LogP) is 3.97. The number of carbonyl (C=O) groups excluding carboxylic acids is 2. The zero-order valence-electron chi connectivity index (χ0n) is 17.2. The number of amides is 2. The van der Waals surface area contributed by atoms with Crippen LogP contribution in [0.25, 0.3) is 10.4 Å². The van der Waals surface area contributed by atoms with E-state index in [4.69, 9.17) is 19.7 Å². The van der Waals surface area contributed by atoms with Gasteiger partial charge in [0, 0.05) is 11.3 Å². The molecule has 1 aromatic rings. The molecule has 2 aliphatic heterocycles. The average molecular weight is 416 g/mol. The molecule has 1 aromatic carbocycles. The molecule has 0 aromatic heterocycles. The van der Waals surface area contributed by atoms with Gasteiger partial charge in [-0.2, -0.15) is 0 Å². The predicted molar refractivity (Wildman–Crippen MR) is 108 cm³/mol. The van der Waals surface area contributed by atoms with Gasteiger partial charge in [0.25, 0.3) is 0 Å². The van der Waals surface area contributed by atoms with Crippen LogP contribution in [0, 0.1) is 0 Å². The second kappa shape index (κ2) is 10.4. The normalized spacial score (nSPS) is 21.2. The molecule has 2 heterocycles. The summed E-state index contributed by atoms with van der Waals surface area (Å²) in [4.78, 5) is 29.1. The van der Waals surface area contributed by atoms with Gasteiger partial charge in [0.05, 0.1) is 19.3 Å². The highest BCUT2D eigenvalue weighted by Crippen LogP contribution is 2.26. The second-order valence-electron chi connectivity index (χ2n) is 7.78. The second-order valence-corrected chi connectivity index (χ2v) is 7.78. The highest BCUT2D eigenvalue weighted by Gasteiger charge is 2.40. The number of cyclic esters (lactones) is 1. The Kier molecular flexibility index (Phi) is 7.68. The van der Waals surface area contributed by atoms with Crippen molar-refractivity contribution < 1.29 is 23.8 Å². The number of hydrogen-bond donors (Lipinski definition) is 0. The highest BCUT2D eigenvalue weighted by molar-refractivity contribution is 5.96. The van der Waals surface area contributed by atoms with E-state index in [-0.39, 0.29) is 6.61 Å². The number of hydrogen-bond acceptors (Lipinski definition) is 6. The van der Waals surface area contributed by atoms with Gasteiger partial charge < -0.3 is 14.2 Å². The average Bonchev–Trinajstić information content (AvgIpc) is 3.33. The van der Waals surface area contributed by atoms with Crippen LogP contribution in [-0.2, 0) is 25.4 Å². The monoisotopic (exact) mass is 416 g/mol. The molecule has 0 bridgehead atoms. The molecule has 9 heteroatoms. The first kappa shape index (κ1) is 22.1. The molecule has 3 rings (SSSR count). The molecule has 162 valence electrons. The maximum absolute atomic E-state index is 13.0. The Morgan fingerprint density at radius 2 is 2.00 bits per heavy atom. The van der Waals surface area contributed by atoms with E-state index in [0.29, 0.717) is 32.5 Å². The number of azide groups is 1. The third-order valence-electron chi connectivity index (χ3n) is 5.50. The Morgan fingerprint density at radius 1 is 1.27 bits per heavy atom. The Labute approximate surface area is 175 Å². The summed E-state index contributed by atoms with van der Waals surface area (Å²) in [6.45, 7) is 3.29. The molecular formula is C21H28N4O5. The quantitative estimate of drug-likeness (QED) is 0.248. The number of unbranched alkanes of at least 4 members (excludes halogenated alkanes) is 2. The lowest BCUT2D eigenvalue weighted by atomic mass is 10.0. The van der Waals surface area contributed by atoms with E-state index in [1.165, 1.54) is 0 Å². The van der Waals surface area contributed by atoms with E-state index in [1.807, 2.05) is 37.3 Å². The Bertz CT molecular complexity index is 775. The molecule has 0 N–H and O–H groups in total. The summed E-state index contributed by atoms with van der Waals surface area (Å²) >= 11 is 0. The molecule has 30 heavy (non-hydrogen) atoms. The molecule has 2 saturated heterocycles. The van der Waals surface area contributed by atoms with Crippen molar-refractivity contribution in [2.24, 2.45) is 5.11 Å². The van der Waals surface area contributed by atoms with Gasteiger partial charge in [0.1, 0.15) is 12.6 Å². The number of nitrogens with zero attached hydrogens (tertiary/aromatic N) is 4. The lowest BCUT2D eigenvalue weighted by Crippen LogP contribution is -2.45. The summed E-state index contributed by atoms with van der Waals surface area (Å²) in [5.41, 5.74) is 9.92. The largest absolute Gasteiger partial charge is 0.447 e. The van der Waals surface area contributed by atoms with Crippen LogP contribution >= 0.6 is 0 Å². The third kappa shape index (κ3) is 5.72. The number of benzene rings is 1. The van der Waals surface area contributed by atoms with E-state index in [9.17, 15) is 9.59 Å². The fraction of sp³-hybridized carbons (Fsp3) is 0.619. The lowest BCUT2D eigenvalue weighted by Gasteiger charge is -2.23. The Hall–Kier alpha value is -2.61. The number of rotatable bonds is 10. The van der Waals surface area contributed by atoms with Crippen molar-refractivity contribution in [2.75, 3.05) is 19.8 Å². The van der Waals surface area contributed by atoms with Gasteiger partial charge in [-0.25, -0.2) is 9.69 Å². The number of imide groups is 1. The molecule has 9 nitrogen and oxygen atoms in total. The molecule has 2 amide bonds. The number of carbonyl (C=O) groups is 2. The Morgan fingerprint density at radius 3 is 2.70 bits per heavy atom. The van der Waals surface area contributed by atoms with Crippen molar-refractivity contribution in [3.8, 4) is 0 Å². The fourth-order valence-corrected chi connectivity index (χ4v) is 3.88. The van der Waals surface area contributed by atoms with Gasteiger partial charge in [0.15, 0.2) is 5.79 Å². The standard InChI is InChI=1S/C21H28N4O5/c1-21(29-12-13-30-21)11-7-3-6-10-18(23-24-22)19(26)25-17(15-28-20(25)27)14-16-8-4-2-5-9-16/h2,4-5,8-9,17-18H,3,6-7,10-15H2,1H3/t17-,18-/m0/s1. The highest BCUT2D eigenvalue weighted by atomic mass is 16.7. The Balaban J connectivity index is 1.53. The van der Waals surface area contributed by atoms with Crippen LogP contribution in [-0.4, -0.2) is 54.6 Å². The van der Waals surface area contributed by atoms with E-state index in [0.717, 1.165) is 29.7 Å². The first-order valence-electron chi connectivity index (χ1n) is 10.4. The van der Waals surface area contributed by atoms with Gasteiger partial charge in [-0.15, -0.1) is 0 Å². The molecule has 0 spiro atoms. The van der Waals surface area contributed by atoms with Crippen LogP contribution < -0.4 is 0 Å². The van der Waals surface area contributed by atoms with Gasteiger partial charge in [-0.05, 0) is 37.3 Å². The van der Waals surface area contributed by atoms with Gasteiger partial charge in [-0.3, -0.25) is 4.79 Å². The van der Waals surface area contributed by atoms with Crippen molar-refractivity contribution in [1.82, 2.24) is 4.90 Å². The van der Waals surface area contributed by atoms with Crippen LogP contribution in [0.2, 0.25) is 0 Å². The zero-order chi connectivity index (χ0) is 21.4. The van der Waals surface area contributed by atoms with Crippen molar-refractivity contribution in [2.45, 2.75) is 63.3 Å². The fourth-order valence-electron chi connectivity index (χ4n) is 3.88. The molecule has 0 radical (unpaired) electrons. The summed E-state index contributed by atoms with van der Waals surface area (Å²) in [5, 5.41) is 3.67. The molecule has 2 aliphatic rings. The van der Waals surface area contributed by atoms with Crippen LogP contribution in [0.15, 0.2) is 35.4 Å². The maximum atomic E-state index is 13.0. The van der Waals surface area contributed by atoms with Crippen LogP contribution in [0.5, 0.6) is 0 Å². The van der Waals surface area contributed by atoms with E-state index < -0.39 is 29.9 Å². The topological polar surface area (TPSA) is 114 Å². The molecule has 0 saturated carbocycles. The van der Waals surface area contributed by atoms with E-state index in [1.54, 1.807) is 0 Å². The third-order valence-corrected chi connectivity index (χ3v) is 5.50.